The Kier molecular flexibility index (Phi) is 5.79. The molecule has 6 heteroatoms. The minimum atomic E-state index is -3.41. The van der Waals surface area contributed by atoms with E-state index in [9.17, 15) is 13.2 Å². The summed E-state index contributed by atoms with van der Waals surface area (Å²) in [7, 11) is -3.41. The van der Waals surface area contributed by atoms with Crippen LogP contribution >= 0.6 is 0 Å². The van der Waals surface area contributed by atoms with E-state index in [0.717, 1.165) is 25.3 Å². The molecule has 1 N–H and O–H groups in total. The minimum Gasteiger partial charge on any atom is -0.338 e. The molecule has 5 nitrogen and oxygen atoms in total. The number of rotatable bonds is 7. The van der Waals surface area contributed by atoms with Crippen LogP contribution in [0.15, 0.2) is 29.2 Å². The smallest absolute Gasteiger partial charge is 0.255 e. The lowest BCUT2D eigenvalue weighted by Crippen LogP contribution is -2.45. The molecule has 1 aromatic carbocycles. The van der Waals surface area contributed by atoms with Crippen LogP contribution in [0.2, 0.25) is 0 Å². The number of amides is 1. The Morgan fingerprint density at radius 2 is 1.84 bits per heavy atom. The maximum atomic E-state index is 12.9. The van der Waals surface area contributed by atoms with Gasteiger partial charge in [0.05, 0.1) is 16.2 Å². The van der Waals surface area contributed by atoms with Gasteiger partial charge in [0.1, 0.15) is 0 Å². The van der Waals surface area contributed by atoms with Crippen LogP contribution in [0.25, 0.3) is 0 Å². The van der Waals surface area contributed by atoms with E-state index in [1.807, 2.05) is 6.92 Å². The number of hydrogen-bond acceptors (Lipinski definition) is 4. The molecule has 25 heavy (non-hydrogen) atoms. The summed E-state index contributed by atoms with van der Waals surface area (Å²) in [6.07, 6.45) is 5.09. The minimum absolute atomic E-state index is 0.0739. The van der Waals surface area contributed by atoms with Gasteiger partial charge in [0, 0.05) is 19.1 Å². The Morgan fingerprint density at radius 3 is 2.48 bits per heavy atom. The number of hydrogen-bond donors (Lipinski definition) is 1. The second kappa shape index (κ2) is 7.87. The van der Waals surface area contributed by atoms with E-state index >= 15 is 0 Å². The molecule has 3 rings (SSSR count). The van der Waals surface area contributed by atoms with E-state index < -0.39 is 9.84 Å². The van der Waals surface area contributed by atoms with Gasteiger partial charge in [-0.25, -0.2) is 8.42 Å². The Hall–Kier alpha value is -1.40. The van der Waals surface area contributed by atoms with Crippen LogP contribution in [-0.4, -0.2) is 50.7 Å². The Balaban J connectivity index is 1.65. The van der Waals surface area contributed by atoms with Crippen LogP contribution in [0.4, 0.5) is 0 Å². The van der Waals surface area contributed by atoms with Crippen LogP contribution in [-0.2, 0) is 9.84 Å². The van der Waals surface area contributed by atoms with Crippen LogP contribution in [0.5, 0.6) is 0 Å². The maximum Gasteiger partial charge on any atom is 0.255 e. The predicted molar refractivity (Wildman–Crippen MR) is 98.4 cm³/mol. The number of benzene rings is 1. The molecule has 0 atom stereocenters. The molecule has 2 fully saturated rings. The van der Waals surface area contributed by atoms with Crippen LogP contribution in [0, 0.1) is 5.92 Å². The largest absolute Gasteiger partial charge is 0.338 e. The van der Waals surface area contributed by atoms with E-state index in [0.29, 0.717) is 31.1 Å². The van der Waals surface area contributed by atoms with Gasteiger partial charge in [-0.15, -0.1) is 0 Å². The summed E-state index contributed by atoms with van der Waals surface area (Å²) in [5, 5.41) is 3.60. The number of nitrogens with one attached hydrogen (secondary N) is 1. The summed E-state index contributed by atoms with van der Waals surface area (Å²) in [5.41, 5.74) is 0.320. The summed E-state index contributed by atoms with van der Waals surface area (Å²) in [5.74, 6) is 0.774. The van der Waals surface area contributed by atoms with Gasteiger partial charge < -0.3 is 10.2 Å². The monoisotopic (exact) mass is 364 g/mol. The highest BCUT2D eigenvalue weighted by molar-refractivity contribution is 7.91. The molecule has 0 radical (unpaired) electrons. The van der Waals surface area contributed by atoms with Crippen molar-refractivity contribution < 1.29 is 13.2 Å². The number of sulfone groups is 1. The van der Waals surface area contributed by atoms with Crippen molar-refractivity contribution >= 4 is 15.7 Å². The molecule has 2 aliphatic rings. The predicted octanol–water partition coefficient (Wildman–Crippen LogP) is 2.47. The van der Waals surface area contributed by atoms with Gasteiger partial charge in [0.15, 0.2) is 9.84 Å². The van der Waals surface area contributed by atoms with E-state index in [1.54, 1.807) is 29.2 Å². The van der Waals surface area contributed by atoms with Crippen molar-refractivity contribution in [1.29, 1.82) is 0 Å². The molecule has 1 saturated carbocycles. The lowest BCUT2D eigenvalue weighted by atomic mass is 10.0. The Labute approximate surface area is 150 Å². The molecule has 1 heterocycles. The number of carbonyl (C=O) groups is 1. The lowest BCUT2D eigenvalue weighted by molar-refractivity contribution is 0.0701. The molecule has 0 bridgehead atoms. The van der Waals surface area contributed by atoms with Crippen molar-refractivity contribution in [2.45, 2.75) is 50.0 Å². The molecule has 1 saturated heterocycles. The van der Waals surface area contributed by atoms with Gasteiger partial charge in [-0.2, -0.15) is 0 Å². The van der Waals surface area contributed by atoms with Crippen molar-refractivity contribution in [2.75, 3.05) is 25.4 Å². The van der Waals surface area contributed by atoms with Gasteiger partial charge in [-0.05, 0) is 56.7 Å². The van der Waals surface area contributed by atoms with E-state index in [2.05, 4.69) is 5.32 Å². The average molecular weight is 365 g/mol. The van der Waals surface area contributed by atoms with Gasteiger partial charge in [-0.3, -0.25) is 4.79 Å². The number of likely N-dealkylation sites (tertiary alicyclic amines) is 1. The number of carbonyl (C=O) groups excluding carboxylic acids is 1. The van der Waals surface area contributed by atoms with Crippen LogP contribution in [0.3, 0.4) is 0 Å². The van der Waals surface area contributed by atoms with E-state index in [1.165, 1.54) is 12.8 Å². The summed E-state index contributed by atoms with van der Waals surface area (Å²) < 4.78 is 24.9. The molecule has 138 valence electrons. The Bertz CT molecular complexity index is 705. The highest BCUT2D eigenvalue weighted by Crippen LogP contribution is 2.28. The SMILES string of the molecule is CCCS(=O)(=O)c1ccccc1C(=O)N1CCC(NCC2CC2)CC1. The first-order valence-corrected chi connectivity index (χ1v) is 11.0. The standard InChI is InChI=1S/C19H28N2O3S/c1-2-13-25(23,24)18-6-4-3-5-17(18)19(22)21-11-9-16(10-12-21)20-14-15-7-8-15/h3-6,15-16,20H,2,7-14H2,1H3. The molecule has 1 aliphatic heterocycles. The third-order valence-electron chi connectivity index (χ3n) is 5.10. The lowest BCUT2D eigenvalue weighted by Gasteiger charge is -2.33. The molecule has 0 unspecified atom stereocenters. The second-order valence-corrected chi connectivity index (χ2v) is 9.31. The van der Waals surface area contributed by atoms with Gasteiger partial charge >= 0.3 is 0 Å². The first-order chi connectivity index (χ1) is 12.0. The Morgan fingerprint density at radius 1 is 1.16 bits per heavy atom. The number of piperidine rings is 1. The van der Waals surface area contributed by atoms with Gasteiger partial charge in [-0.1, -0.05) is 19.1 Å². The first-order valence-electron chi connectivity index (χ1n) is 9.35. The molecule has 1 aliphatic carbocycles. The normalized spacial score (nSPS) is 19.2. The number of nitrogens with zero attached hydrogens (tertiary/aromatic N) is 1. The molecular formula is C19H28N2O3S. The zero-order chi connectivity index (χ0) is 17.9. The molecular weight excluding hydrogens is 336 g/mol. The average Bonchev–Trinajstić information content (AvgIpc) is 3.44. The maximum absolute atomic E-state index is 12.9. The van der Waals surface area contributed by atoms with Crippen molar-refractivity contribution in [2.24, 2.45) is 5.92 Å². The molecule has 1 aromatic rings. The van der Waals surface area contributed by atoms with Crippen molar-refractivity contribution in [1.82, 2.24) is 10.2 Å². The fraction of sp³-hybridized carbons (Fsp3) is 0.632. The summed E-state index contributed by atoms with van der Waals surface area (Å²) in [4.78, 5) is 14.9. The second-order valence-electron chi connectivity index (χ2n) is 7.23. The highest BCUT2D eigenvalue weighted by Gasteiger charge is 2.29. The first kappa shape index (κ1) is 18.4. The summed E-state index contributed by atoms with van der Waals surface area (Å²) in [6.45, 7) is 4.30. The van der Waals surface area contributed by atoms with Gasteiger partial charge in [0.25, 0.3) is 5.91 Å². The summed E-state index contributed by atoms with van der Waals surface area (Å²) >= 11 is 0. The third-order valence-corrected chi connectivity index (χ3v) is 7.07. The fourth-order valence-electron chi connectivity index (χ4n) is 3.41. The molecule has 0 aromatic heterocycles. The zero-order valence-corrected chi connectivity index (χ0v) is 15.7. The molecule has 1 amide bonds. The van der Waals surface area contributed by atoms with E-state index in [-0.39, 0.29) is 16.6 Å². The topological polar surface area (TPSA) is 66.5 Å². The van der Waals surface area contributed by atoms with Crippen molar-refractivity contribution in [3.8, 4) is 0 Å². The van der Waals surface area contributed by atoms with Crippen LogP contribution in [0.1, 0.15) is 49.4 Å². The van der Waals surface area contributed by atoms with Crippen molar-refractivity contribution in [3.63, 3.8) is 0 Å². The fourth-order valence-corrected chi connectivity index (χ4v) is 4.94. The zero-order valence-electron chi connectivity index (χ0n) is 14.9. The third kappa shape index (κ3) is 4.61. The van der Waals surface area contributed by atoms with Gasteiger partial charge in [0.2, 0.25) is 0 Å². The quantitative estimate of drug-likeness (QED) is 0.807. The van der Waals surface area contributed by atoms with E-state index in [4.69, 9.17) is 0 Å². The molecule has 0 spiro atoms. The van der Waals surface area contributed by atoms with Crippen LogP contribution < -0.4 is 5.32 Å². The summed E-state index contributed by atoms with van der Waals surface area (Å²) in [6, 6.07) is 7.10. The van der Waals surface area contributed by atoms with Crippen molar-refractivity contribution in [3.05, 3.63) is 29.8 Å². The highest BCUT2D eigenvalue weighted by atomic mass is 32.2.